The lowest BCUT2D eigenvalue weighted by atomic mass is 10.3. The quantitative estimate of drug-likeness (QED) is 0.767. The fraction of sp³-hybridized carbons (Fsp3) is 0.692. The van der Waals surface area contributed by atoms with Crippen molar-refractivity contribution in [2.45, 2.75) is 32.7 Å². The lowest BCUT2D eigenvalue weighted by Crippen LogP contribution is -2.24. The molecule has 1 aromatic heterocycles. The molecular formula is C13H22N2S. The molecule has 1 N–H and O–H groups in total. The van der Waals surface area contributed by atoms with Gasteiger partial charge in [0.25, 0.3) is 0 Å². The zero-order valence-corrected chi connectivity index (χ0v) is 11.0. The molecule has 3 heteroatoms. The zero-order valence-electron chi connectivity index (χ0n) is 10.2. The summed E-state index contributed by atoms with van der Waals surface area (Å²) in [5, 5.41) is 3.52. The van der Waals surface area contributed by atoms with Gasteiger partial charge >= 0.3 is 0 Å². The maximum atomic E-state index is 3.52. The van der Waals surface area contributed by atoms with Gasteiger partial charge in [-0.15, -0.1) is 11.3 Å². The molecule has 0 unspecified atom stereocenters. The minimum Gasteiger partial charge on any atom is -0.312 e. The SMILES string of the molecule is Cc1ccc(CNCCCN2CCCC2)s1. The van der Waals surface area contributed by atoms with E-state index in [9.17, 15) is 0 Å². The van der Waals surface area contributed by atoms with Crippen molar-refractivity contribution in [3.8, 4) is 0 Å². The van der Waals surface area contributed by atoms with Crippen LogP contribution in [0.3, 0.4) is 0 Å². The number of hydrogen-bond donors (Lipinski definition) is 1. The predicted octanol–water partition coefficient (Wildman–Crippen LogP) is 2.63. The Morgan fingerprint density at radius 1 is 1.31 bits per heavy atom. The molecule has 0 aliphatic carbocycles. The Bertz CT molecular complexity index is 303. The first-order valence-corrected chi connectivity index (χ1v) is 7.14. The normalized spacial score (nSPS) is 17.1. The van der Waals surface area contributed by atoms with E-state index in [2.05, 4.69) is 29.3 Å². The molecule has 2 nitrogen and oxygen atoms in total. The second-order valence-corrected chi connectivity index (χ2v) is 5.96. The maximum absolute atomic E-state index is 3.52. The number of rotatable bonds is 6. The highest BCUT2D eigenvalue weighted by molar-refractivity contribution is 7.11. The van der Waals surface area contributed by atoms with Crippen LogP contribution in [0, 0.1) is 6.92 Å². The molecule has 0 amide bonds. The van der Waals surface area contributed by atoms with E-state index >= 15 is 0 Å². The lowest BCUT2D eigenvalue weighted by molar-refractivity contribution is 0.331. The molecule has 0 radical (unpaired) electrons. The highest BCUT2D eigenvalue weighted by Gasteiger charge is 2.09. The molecular weight excluding hydrogens is 216 g/mol. The smallest absolute Gasteiger partial charge is 0.0299 e. The van der Waals surface area contributed by atoms with E-state index in [-0.39, 0.29) is 0 Å². The second-order valence-electron chi connectivity index (χ2n) is 4.59. The summed E-state index contributed by atoms with van der Waals surface area (Å²) in [7, 11) is 0. The van der Waals surface area contributed by atoms with Crippen LogP contribution in [0.4, 0.5) is 0 Å². The summed E-state index contributed by atoms with van der Waals surface area (Å²) >= 11 is 1.90. The van der Waals surface area contributed by atoms with Crippen LogP contribution in [0.1, 0.15) is 29.0 Å². The van der Waals surface area contributed by atoms with Gasteiger partial charge in [-0.3, -0.25) is 0 Å². The standard InChI is InChI=1S/C13H22N2S/c1-12-5-6-13(16-12)11-14-7-4-10-15-8-2-3-9-15/h5-6,14H,2-4,7-11H2,1H3. The first-order chi connectivity index (χ1) is 7.84. The zero-order chi connectivity index (χ0) is 11.2. The third-order valence-electron chi connectivity index (χ3n) is 3.12. The van der Waals surface area contributed by atoms with E-state index in [0.717, 1.165) is 13.1 Å². The number of thiophene rings is 1. The Hall–Kier alpha value is -0.380. The van der Waals surface area contributed by atoms with Crippen LogP contribution in [0.25, 0.3) is 0 Å². The van der Waals surface area contributed by atoms with Crippen LogP contribution in [0.2, 0.25) is 0 Å². The molecule has 0 bridgehead atoms. The topological polar surface area (TPSA) is 15.3 Å². The summed E-state index contributed by atoms with van der Waals surface area (Å²) in [5.41, 5.74) is 0. The van der Waals surface area contributed by atoms with Gasteiger partial charge in [-0.1, -0.05) is 0 Å². The molecule has 90 valence electrons. The Morgan fingerprint density at radius 2 is 2.12 bits per heavy atom. The summed E-state index contributed by atoms with van der Waals surface area (Å²) in [4.78, 5) is 5.45. The van der Waals surface area contributed by atoms with E-state index in [1.54, 1.807) is 0 Å². The van der Waals surface area contributed by atoms with Crippen LogP contribution in [0.5, 0.6) is 0 Å². The van der Waals surface area contributed by atoms with Crippen molar-refractivity contribution in [3.63, 3.8) is 0 Å². The monoisotopic (exact) mass is 238 g/mol. The summed E-state index contributed by atoms with van der Waals surface area (Å²) in [6, 6.07) is 4.43. The van der Waals surface area contributed by atoms with Crippen molar-refractivity contribution in [2.24, 2.45) is 0 Å². The minimum atomic E-state index is 1.04. The number of likely N-dealkylation sites (tertiary alicyclic amines) is 1. The van der Waals surface area contributed by atoms with Gasteiger partial charge in [0.15, 0.2) is 0 Å². The van der Waals surface area contributed by atoms with Crippen molar-refractivity contribution < 1.29 is 0 Å². The molecule has 1 fully saturated rings. The fourth-order valence-corrected chi connectivity index (χ4v) is 3.09. The van der Waals surface area contributed by atoms with Gasteiger partial charge in [-0.05, 0) is 64.5 Å². The van der Waals surface area contributed by atoms with Crippen molar-refractivity contribution in [2.75, 3.05) is 26.2 Å². The van der Waals surface area contributed by atoms with E-state index in [1.807, 2.05) is 11.3 Å². The van der Waals surface area contributed by atoms with Gasteiger partial charge in [0.05, 0.1) is 0 Å². The fourth-order valence-electron chi connectivity index (χ4n) is 2.23. The number of aryl methyl sites for hydroxylation is 1. The lowest BCUT2D eigenvalue weighted by Gasteiger charge is -2.14. The van der Waals surface area contributed by atoms with Gasteiger partial charge < -0.3 is 10.2 Å². The van der Waals surface area contributed by atoms with Gasteiger partial charge in [0.2, 0.25) is 0 Å². The summed E-state index contributed by atoms with van der Waals surface area (Å²) in [5.74, 6) is 0. The molecule has 0 saturated carbocycles. The summed E-state index contributed by atoms with van der Waals surface area (Å²) in [6.45, 7) is 8.28. The van der Waals surface area contributed by atoms with Crippen LogP contribution in [-0.4, -0.2) is 31.1 Å². The molecule has 1 aliphatic rings. The molecule has 1 saturated heterocycles. The maximum Gasteiger partial charge on any atom is 0.0299 e. The second kappa shape index (κ2) is 6.38. The van der Waals surface area contributed by atoms with Gasteiger partial charge in [-0.2, -0.15) is 0 Å². The van der Waals surface area contributed by atoms with Crippen LogP contribution < -0.4 is 5.32 Å². The number of nitrogens with zero attached hydrogens (tertiary/aromatic N) is 1. The van der Waals surface area contributed by atoms with Crippen molar-refractivity contribution in [3.05, 3.63) is 21.9 Å². The molecule has 0 spiro atoms. The minimum absolute atomic E-state index is 1.04. The molecule has 0 aromatic carbocycles. The van der Waals surface area contributed by atoms with Crippen LogP contribution >= 0.6 is 11.3 Å². The Kier molecular flexibility index (Phi) is 4.82. The highest BCUT2D eigenvalue weighted by atomic mass is 32.1. The Morgan fingerprint density at radius 3 is 2.81 bits per heavy atom. The van der Waals surface area contributed by atoms with Crippen LogP contribution in [-0.2, 0) is 6.54 Å². The van der Waals surface area contributed by atoms with Crippen molar-refractivity contribution in [1.82, 2.24) is 10.2 Å². The highest BCUT2D eigenvalue weighted by Crippen LogP contribution is 2.14. The summed E-state index contributed by atoms with van der Waals surface area (Å²) < 4.78 is 0. The first kappa shape index (κ1) is 12.1. The first-order valence-electron chi connectivity index (χ1n) is 6.33. The molecule has 16 heavy (non-hydrogen) atoms. The van der Waals surface area contributed by atoms with Gasteiger partial charge in [-0.25, -0.2) is 0 Å². The van der Waals surface area contributed by atoms with E-state index < -0.39 is 0 Å². The number of hydrogen-bond acceptors (Lipinski definition) is 3. The van der Waals surface area contributed by atoms with Crippen molar-refractivity contribution >= 4 is 11.3 Å². The van der Waals surface area contributed by atoms with E-state index in [0.29, 0.717) is 0 Å². The molecule has 1 aliphatic heterocycles. The Labute approximate surface area is 103 Å². The number of nitrogens with one attached hydrogen (secondary N) is 1. The largest absolute Gasteiger partial charge is 0.312 e. The van der Waals surface area contributed by atoms with Gasteiger partial charge in [0.1, 0.15) is 0 Å². The average molecular weight is 238 g/mol. The summed E-state index contributed by atoms with van der Waals surface area (Å²) in [6.07, 6.45) is 4.09. The van der Waals surface area contributed by atoms with Gasteiger partial charge in [0, 0.05) is 16.3 Å². The molecule has 1 aromatic rings. The predicted molar refractivity (Wildman–Crippen MR) is 71.1 cm³/mol. The third kappa shape index (κ3) is 3.89. The molecule has 2 heterocycles. The molecule has 0 atom stereocenters. The Balaban J connectivity index is 1.51. The van der Waals surface area contributed by atoms with Crippen LogP contribution in [0.15, 0.2) is 12.1 Å². The van der Waals surface area contributed by atoms with E-state index in [1.165, 1.54) is 48.7 Å². The molecule has 2 rings (SSSR count). The van der Waals surface area contributed by atoms with E-state index in [4.69, 9.17) is 0 Å². The van der Waals surface area contributed by atoms with Crippen molar-refractivity contribution in [1.29, 1.82) is 0 Å². The average Bonchev–Trinajstić information content (AvgIpc) is 2.89. The third-order valence-corrected chi connectivity index (χ3v) is 4.12.